The van der Waals surface area contributed by atoms with Crippen molar-refractivity contribution in [3.05, 3.63) is 162 Å². The van der Waals surface area contributed by atoms with E-state index in [1.54, 1.807) is 48.3 Å². The maximum absolute atomic E-state index is 13.3. The molecule has 0 heterocycles. The summed E-state index contributed by atoms with van der Waals surface area (Å²) in [5.41, 5.74) is 5.16. The highest BCUT2D eigenvalue weighted by atomic mass is 19.4. The van der Waals surface area contributed by atoms with Crippen LogP contribution in [0, 0.1) is 6.92 Å². The van der Waals surface area contributed by atoms with Gasteiger partial charge in [-0.25, -0.2) is 0 Å². The molecule has 262 valence electrons. The zero-order valence-electron chi connectivity index (χ0n) is 28.4. The molecule has 3 nitrogen and oxygen atoms in total. The van der Waals surface area contributed by atoms with Crippen LogP contribution in [0.5, 0.6) is 11.5 Å². The maximum atomic E-state index is 13.3. The van der Waals surface area contributed by atoms with Gasteiger partial charge in [0.15, 0.2) is 0 Å². The van der Waals surface area contributed by atoms with Gasteiger partial charge in [-0.1, -0.05) is 55.8 Å². The summed E-state index contributed by atoms with van der Waals surface area (Å²) < 4.78 is 84.9. The fraction of sp³-hybridized carbons (Fsp3) is 0.143. The molecule has 0 atom stereocenters. The second-order valence-corrected chi connectivity index (χ2v) is 11.5. The molecule has 9 heteroatoms. The van der Waals surface area contributed by atoms with Crippen molar-refractivity contribution in [3.8, 4) is 22.6 Å². The highest BCUT2D eigenvalue weighted by Gasteiger charge is 2.31. The summed E-state index contributed by atoms with van der Waals surface area (Å²) in [6.45, 7) is 6.02. The maximum Gasteiger partial charge on any atom is 0.416 e. The fourth-order valence-corrected chi connectivity index (χ4v) is 5.36. The van der Waals surface area contributed by atoms with Gasteiger partial charge in [-0.3, -0.25) is 0 Å². The van der Waals surface area contributed by atoms with Gasteiger partial charge in [-0.15, -0.1) is 0 Å². The molecule has 6 rings (SSSR count). The molecule has 0 aliphatic carbocycles. The topological polar surface area (TPSA) is 15.7 Å². The fourth-order valence-electron chi connectivity index (χ4n) is 5.36. The minimum absolute atomic E-state index is 0.537. The predicted molar refractivity (Wildman–Crippen MR) is 194 cm³/mol. The van der Waals surface area contributed by atoms with Gasteiger partial charge in [0.25, 0.3) is 0 Å². The summed E-state index contributed by atoms with van der Waals surface area (Å²) in [6, 6.07) is 40.3. The van der Waals surface area contributed by atoms with Gasteiger partial charge in [0, 0.05) is 35.5 Å². The minimum atomic E-state index is -4.45. The Morgan fingerprint density at radius 3 is 1.08 bits per heavy atom. The SMILES string of the molecule is CC.Cc1ccc(-c2ccc(N(c3ccc(Oc4ccc(N(C)c5ccc(C(F)(F)F)cc5)cc4)cc3)c3ccc(C(F)(F)F)cc3)cc2)cc1. The van der Waals surface area contributed by atoms with Crippen molar-refractivity contribution >= 4 is 28.4 Å². The van der Waals surface area contributed by atoms with E-state index >= 15 is 0 Å². The van der Waals surface area contributed by atoms with Crippen molar-refractivity contribution in [2.24, 2.45) is 0 Å². The Kier molecular flexibility index (Phi) is 11.1. The van der Waals surface area contributed by atoms with Crippen molar-refractivity contribution in [1.29, 1.82) is 0 Å². The van der Waals surface area contributed by atoms with E-state index in [1.165, 1.54) is 24.3 Å². The number of hydrogen-bond acceptors (Lipinski definition) is 3. The Labute approximate surface area is 294 Å². The monoisotopic (exact) mass is 698 g/mol. The number of ether oxygens (including phenoxy) is 1. The number of nitrogens with zero attached hydrogens (tertiary/aromatic N) is 2. The molecule has 0 spiro atoms. The molecule has 0 unspecified atom stereocenters. The molecule has 6 aromatic carbocycles. The summed E-state index contributed by atoms with van der Waals surface area (Å²) >= 11 is 0. The Morgan fingerprint density at radius 1 is 0.412 bits per heavy atom. The summed E-state index contributed by atoms with van der Waals surface area (Å²) in [7, 11) is 1.76. The van der Waals surface area contributed by atoms with Crippen LogP contribution >= 0.6 is 0 Å². The standard InChI is InChI=1S/C40H30F6N2O.C2H6/c1-27-3-5-28(6-4-27)29-7-13-34(14-8-29)48(35-17-11-31(12-18-35)40(44,45)46)36-21-25-38(26-22-36)49-37-23-19-33(20-24-37)47(2)32-15-9-30(10-16-32)39(41,42)43;1-2/h3-26H,1-2H3;1-2H3. The normalized spacial score (nSPS) is 11.3. The van der Waals surface area contributed by atoms with Gasteiger partial charge >= 0.3 is 12.4 Å². The van der Waals surface area contributed by atoms with Crippen LogP contribution in [0.15, 0.2) is 146 Å². The lowest BCUT2D eigenvalue weighted by molar-refractivity contribution is -0.138. The van der Waals surface area contributed by atoms with E-state index in [0.29, 0.717) is 28.6 Å². The van der Waals surface area contributed by atoms with Gasteiger partial charge in [0.05, 0.1) is 11.1 Å². The number of hydrogen-bond donors (Lipinski definition) is 0. The zero-order chi connectivity index (χ0) is 36.8. The first-order chi connectivity index (χ1) is 24.3. The summed E-state index contributed by atoms with van der Waals surface area (Å²) in [6.07, 6.45) is -8.85. The average molecular weight is 699 g/mol. The van der Waals surface area contributed by atoms with Crippen molar-refractivity contribution in [3.63, 3.8) is 0 Å². The van der Waals surface area contributed by atoms with E-state index in [0.717, 1.165) is 52.3 Å². The van der Waals surface area contributed by atoms with Gasteiger partial charge in [0.2, 0.25) is 0 Å². The van der Waals surface area contributed by atoms with E-state index in [1.807, 2.05) is 86.3 Å². The average Bonchev–Trinajstić information content (AvgIpc) is 3.13. The molecule has 0 saturated heterocycles. The highest BCUT2D eigenvalue weighted by molar-refractivity contribution is 5.78. The summed E-state index contributed by atoms with van der Waals surface area (Å²) in [5, 5.41) is 0. The Hall–Kier alpha value is -5.70. The smallest absolute Gasteiger partial charge is 0.416 e. The highest BCUT2D eigenvalue weighted by Crippen LogP contribution is 2.39. The molecule has 0 fully saturated rings. The van der Waals surface area contributed by atoms with Crippen LogP contribution in [-0.4, -0.2) is 7.05 Å². The van der Waals surface area contributed by atoms with Crippen LogP contribution in [0.4, 0.5) is 54.8 Å². The van der Waals surface area contributed by atoms with Crippen LogP contribution in [-0.2, 0) is 12.4 Å². The second kappa shape index (κ2) is 15.5. The molecule has 0 aromatic heterocycles. The number of halogens is 6. The number of rotatable bonds is 8. The van der Waals surface area contributed by atoms with E-state index in [4.69, 9.17) is 4.74 Å². The number of benzene rings is 6. The van der Waals surface area contributed by atoms with Crippen molar-refractivity contribution in [2.75, 3.05) is 16.8 Å². The van der Waals surface area contributed by atoms with E-state index in [-0.39, 0.29) is 0 Å². The molecule has 6 aromatic rings. The van der Waals surface area contributed by atoms with Crippen molar-refractivity contribution in [1.82, 2.24) is 0 Å². The molecular formula is C42H36F6N2O. The molecule has 0 aliphatic heterocycles. The van der Waals surface area contributed by atoms with Crippen LogP contribution < -0.4 is 14.5 Å². The Balaban J connectivity index is 0.00000248. The van der Waals surface area contributed by atoms with Crippen LogP contribution in [0.1, 0.15) is 30.5 Å². The third kappa shape index (κ3) is 8.91. The molecule has 0 saturated carbocycles. The van der Waals surface area contributed by atoms with E-state index in [9.17, 15) is 26.3 Å². The number of anilines is 5. The van der Waals surface area contributed by atoms with E-state index in [2.05, 4.69) is 0 Å². The summed E-state index contributed by atoms with van der Waals surface area (Å²) in [4.78, 5) is 3.64. The third-order valence-electron chi connectivity index (χ3n) is 8.10. The van der Waals surface area contributed by atoms with Crippen molar-refractivity contribution in [2.45, 2.75) is 33.1 Å². The summed E-state index contributed by atoms with van der Waals surface area (Å²) in [5.74, 6) is 1.08. The molecule has 0 aliphatic rings. The third-order valence-corrected chi connectivity index (χ3v) is 8.10. The second-order valence-electron chi connectivity index (χ2n) is 11.5. The first kappa shape index (κ1) is 36.6. The van der Waals surface area contributed by atoms with Crippen LogP contribution in [0.25, 0.3) is 11.1 Å². The molecule has 0 amide bonds. The Bertz CT molecular complexity index is 1990. The van der Waals surface area contributed by atoms with Gasteiger partial charge in [0.1, 0.15) is 11.5 Å². The molecule has 51 heavy (non-hydrogen) atoms. The molecule has 0 N–H and O–H groups in total. The lowest BCUT2D eigenvalue weighted by Crippen LogP contribution is -2.11. The Morgan fingerprint density at radius 2 is 0.706 bits per heavy atom. The quantitative estimate of drug-likeness (QED) is 0.147. The minimum Gasteiger partial charge on any atom is -0.457 e. The van der Waals surface area contributed by atoms with Crippen LogP contribution in [0.3, 0.4) is 0 Å². The predicted octanol–water partition coefficient (Wildman–Crippen LogP) is 13.8. The van der Waals surface area contributed by atoms with Gasteiger partial charge < -0.3 is 14.5 Å². The molecule has 0 radical (unpaired) electrons. The molecule has 0 bridgehead atoms. The lowest BCUT2D eigenvalue weighted by atomic mass is 10.0. The van der Waals surface area contributed by atoms with E-state index < -0.39 is 23.5 Å². The number of alkyl halides is 6. The van der Waals surface area contributed by atoms with Gasteiger partial charge in [-0.05, 0) is 127 Å². The lowest BCUT2D eigenvalue weighted by Gasteiger charge is -2.26. The zero-order valence-corrected chi connectivity index (χ0v) is 28.4. The van der Waals surface area contributed by atoms with Gasteiger partial charge in [-0.2, -0.15) is 26.3 Å². The molecular weight excluding hydrogens is 662 g/mol. The first-order valence-corrected chi connectivity index (χ1v) is 16.3. The first-order valence-electron chi connectivity index (χ1n) is 16.3. The van der Waals surface area contributed by atoms with Crippen LogP contribution in [0.2, 0.25) is 0 Å². The number of aryl methyl sites for hydroxylation is 1. The largest absolute Gasteiger partial charge is 0.457 e. The van der Waals surface area contributed by atoms with Crippen molar-refractivity contribution < 1.29 is 31.1 Å².